The fourth-order valence-corrected chi connectivity index (χ4v) is 3.51. The predicted octanol–water partition coefficient (Wildman–Crippen LogP) is 0.942. The minimum atomic E-state index is -0.422. The summed E-state index contributed by atoms with van der Waals surface area (Å²) in [6.07, 6.45) is 1.50. The summed E-state index contributed by atoms with van der Waals surface area (Å²) in [6.45, 7) is 2.95. The van der Waals surface area contributed by atoms with Crippen molar-refractivity contribution in [1.29, 1.82) is 0 Å². The van der Waals surface area contributed by atoms with E-state index in [1.54, 1.807) is 14.0 Å². The lowest BCUT2D eigenvalue weighted by molar-refractivity contribution is -0.385. The molecule has 2 fully saturated rings. The van der Waals surface area contributed by atoms with Gasteiger partial charge in [0.1, 0.15) is 5.69 Å². The van der Waals surface area contributed by atoms with Crippen molar-refractivity contribution < 1.29 is 10.0 Å². The number of nitro groups is 1. The predicted molar refractivity (Wildman–Crippen MR) is 77.4 cm³/mol. The average molecular weight is 293 g/mol. The molecule has 0 bridgehead atoms. The summed E-state index contributed by atoms with van der Waals surface area (Å²) in [4.78, 5) is 21.2. The molecular weight excluding hydrogens is 274 g/mol. The Morgan fingerprint density at radius 1 is 1.38 bits per heavy atom. The van der Waals surface area contributed by atoms with Gasteiger partial charge in [-0.2, -0.15) is 4.98 Å². The van der Waals surface area contributed by atoms with Gasteiger partial charge < -0.3 is 15.3 Å². The normalized spacial score (nSPS) is 27.8. The van der Waals surface area contributed by atoms with Gasteiger partial charge in [-0.1, -0.05) is 0 Å². The van der Waals surface area contributed by atoms with E-state index in [-0.39, 0.29) is 17.7 Å². The molecule has 8 heteroatoms. The van der Waals surface area contributed by atoms with Gasteiger partial charge in [0.2, 0.25) is 11.8 Å². The number of aryl methyl sites for hydroxylation is 1. The van der Waals surface area contributed by atoms with Crippen LogP contribution >= 0.6 is 0 Å². The Labute approximate surface area is 122 Å². The molecule has 2 aliphatic rings. The van der Waals surface area contributed by atoms with Gasteiger partial charge in [0.25, 0.3) is 0 Å². The quantitative estimate of drug-likeness (QED) is 0.631. The van der Waals surface area contributed by atoms with Gasteiger partial charge in [0.05, 0.1) is 11.0 Å². The van der Waals surface area contributed by atoms with Crippen LogP contribution in [-0.4, -0.2) is 46.2 Å². The Kier molecular flexibility index (Phi) is 3.40. The molecule has 3 unspecified atom stereocenters. The zero-order chi connectivity index (χ0) is 15.1. The average Bonchev–Trinajstić information content (AvgIpc) is 3.00. The first-order valence-corrected chi connectivity index (χ1v) is 7.15. The summed E-state index contributed by atoms with van der Waals surface area (Å²) < 4.78 is 0. The molecule has 3 atom stereocenters. The van der Waals surface area contributed by atoms with Crippen LogP contribution in [0.25, 0.3) is 0 Å². The van der Waals surface area contributed by atoms with Crippen LogP contribution in [0.4, 0.5) is 17.5 Å². The van der Waals surface area contributed by atoms with Crippen molar-refractivity contribution in [1.82, 2.24) is 9.97 Å². The third-order valence-electron chi connectivity index (χ3n) is 4.56. The topological polar surface area (TPSA) is 104 Å². The van der Waals surface area contributed by atoms with Crippen molar-refractivity contribution in [2.45, 2.75) is 25.9 Å². The maximum absolute atomic E-state index is 11.3. The summed E-state index contributed by atoms with van der Waals surface area (Å²) in [5, 5.41) is 24.2. The van der Waals surface area contributed by atoms with Crippen LogP contribution in [0.1, 0.15) is 18.5 Å². The third kappa shape index (κ3) is 2.29. The second kappa shape index (κ2) is 5.10. The number of anilines is 2. The summed E-state index contributed by atoms with van der Waals surface area (Å²) in [7, 11) is 1.69. The lowest BCUT2D eigenvalue weighted by Gasteiger charge is -2.20. The minimum absolute atomic E-state index is 0.0385. The van der Waals surface area contributed by atoms with Crippen LogP contribution in [0.15, 0.2) is 0 Å². The molecule has 1 saturated carbocycles. The second-order valence-corrected chi connectivity index (χ2v) is 5.79. The van der Waals surface area contributed by atoms with Gasteiger partial charge in [-0.05, 0) is 25.7 Å². The van der Waals surface area contributed by atoms with E-state index >= 15 is 0 Å². The van der Waals surface area contributed by atoms with Gasteiger partial charge in [-0.3, -0.25) is 10.1 Å². The van der Waals surface area contributed by atoms with E-state index in [2.05, 4.69) is 15.3 Å². The van der Waals surface area contributed by atoms with E-state index in [1.807, 2.05) is 4.90 Å². The van der Waals surface area contributed by atoms with Crippen LogP contribution in [0.2, 0.25) is 0 Å². The van der Waals surface area contributed by atoms with Crippen LogP contribution < -0.4 is 10.2 Å². The number of hydrogen-bond acceptors (Lipinski definition) is 7. The number of fused-ring (bicyclic) bond motifs is 1. The smallest absolute Gasteiger partial charge is 0.332 e. The fraction of sp³-hybridized carbons (Fsp3) is 0.692. The highest BCUT2D eigenvalue weighted by molar-refractivity contribution is 5.63. The van der Waals surface area contributed by atoms with Crippen molar-refractivity contribution in [3.05, 3.63) is 15.8 Å². The molecule has 8 nitrogen and oxygen atoms in total. The summed E-state index contributed by atoms with van der Waals surface area (Å²) >= 11 is 0. The van der Waals surface area contributed by atoms with E-state index in [4.69, 9.17) is 0 Å². The number of nitrogens with zero attached hydrogens (tertiary/aromatic N) is 4. The largest absolute Gasteiger partial charge is 0.393 e. The summed E-state index contributed by atoms with van der Waals surface area (Å²) in [5.74, 6) is 1.33. The second-order valence-electron chi connectivity index (χ2n) is 5.79. The Morgan fingerprint density at radius 3 is 2.76 bits per heavy atom. The van der Waals surface area contributed by atoms with E-state index in [1.165, 1.54) is 0 Å². The van der Waals surface area contributed by atoms with Gasteiger partial charge in [0.15, 0.2) is 0 Å². The zero-order valence-electron chi connectivity index (χ0n) is 12.1. The number of hydrogen-bond donors (Lipinski definition) is 2. The van der Waals surface area contributed by atoms with Crippen molar-refractivity contribution in [3.63, 3.8) is 0 Å². The van der Waals surface area contributed by atoms with Gasteiger partial charge in [0, 0.05) is 26.1 Å². The number of aliphatic hydroxyl groups excluding tert-OH is 1. The van der Waals surface area contributed by atoms with E-state index in [0.29, 0.717) is 36.5 Å². The van der Waals surface area contributed by atoms with Crippen LogP contribution in [0, 0.1) is 28.9 Å². The molecule has 1 aromatic heterocycles. The zero-order valence-corrected chi connectivity index (χ0v) is 12.1. The highest BCUT2D eigenvalue weighted by atomic mass is 16.6. The first-order valence-electron chi connectivity index (χ1n) is 7.15. The Balaban J connectivity index is 1.98. The maximum atomic E-state index is 11.3. The Bertz CT molecular complexity index is 579. The molecule has 1 aliphatic heterocycles. The number of aliphatic hydroxyl groups is 1. The molecule has 21 heavy (non-hydrogen) atoms. The molecule has 0 spiro atoms. The van der Waals surface area contributed by atoms with E-state index in [0.717, 1.165) is 12.8 Å². The van der Waals surface area contributed by atoms with Crippen LogP contribution in [0.3, 0.4) is 0 Å². The molecule has 1 aromatic rings. The standard InChI is InChI=1S/C13H19N5O3/c1-7-11(18(20)21)12(16-13(14-2)15-7)17-5-8-3-4-10(19)9(8)6-17/h8-10,19H,3-6H2,1-2H3,(H,14,15,16). The molecule has 0 aromatic carbocycles. The van der Waals surface area contributed by atoms with Crippen molar-refractivity contribution >= 4 is 17.5 Å². The molecule has 2 N–H and O–H groups in total. The SMILES string of the molecule is CNc1nc(C)c([N+](=O)[O-])c(N2CC3CCC(O)C3C2)n1. The van der Waals surface area contributed by atoms with Crippen molar-refractivity contribution in [2.24, 2.45) is 11.8 Å². The first-order chi connectivity index (χ1) is 10.0. The molecule has 3 rings (SSSR count). The molecule has 1 aliphatic carbocycles. The van der Waals surface area contributed by atoms with Gasteiger partial charge in [-0.15, -0.1) is 0 Å². The number of rotatable bonds is 3. The molecule has 0 amide bonds. The summed E-state index contributed by atoms with van der Waals surface area (Å²) in [5.41, 5.74) is 0.315. The Morgan fingerprint density at radius 2 is 2.14 bits per heavy atom. The lowest BCUT2D eigenvalue weighted by atomic mass is 10.00. The summed E-state index contributed by atoms with van der Waals surface area (Å²) in [6, 6.07) is 0. The number of nitrogens with one attached hydrogen (secondary N) is 1. The highest BCUT2D eigenvalue weighted by Gasteiger charge is 2.44. The van der Waals surface area contributed by atoms with Gasteiger partial charge in [-0.25, -0.2) is 4.98 Å². The molecule has 0 radical (unpaired) electrons. The maximum Gasteiger partial charge on any atom is 0.332 e. The molecule has 114 valence electrons. The highest BCUT2D eigenvalue weighted by Crippen LogP contribution is 2.42. The fourth-order valence-electron chi connectivity index (χ4n) is 3.51. The minimum Gasteiger partial charge on any atom is -0.393 e. The monoisotopic (exact) mass is 293 g/mol. The van der Waals surface area contributed by atoms with Crippen LogP contribution in [-0.2, 0) is 0 Å². The van der Waals surface area contributed by atoms with Crippen molar-refractivity contribution in [2.75, 3.05) is 30.4 Å². The van der Waals surface area contributed by atoms with Gasteiger partial charge >= 0.3 is 5.69 Å². The third-order valence-corrected chi connectivity index (χ3v) is 4.56. The lowest BCUT2D eigenvalue weighted by Crippen LogP contribution is -2.26. The Hall–Kier alpha value is -1.96. The van der Waals surface area contributed by atoms with E-state index in [9.17, 15) is 15.2 Å². The molecule has 1 saturated heterocycles. The van der Waals surface area contributed by atoms with Crippen molar-refractivity contribution in [3.8, 4) is 0 Å². The number of aromatic nitrogens is 2. The molecule has 2 heterocycles. The molecular formula is C13H19N5O3. The first kappa shape index (κ1) is 14.0. The van der Waals surface area contributed by atoms with E-state index < -0.39 is 4.92 Å². The van der Waals surface area contributed by atoms with Crippen LogP contribution in [0.5, 0.6) is 0 Å².